The highest BCUT2D eigenvalue weighted by molar-refractivity contribution is 6.65. The van der Waals surface area contributed by atoms with Crippen molar-refractivity contribution in [3.63, 3.8) is 0 Å². The zero-order valence-electron chi connectivity index (χ0n) is 11.3. The van der Waals surface area contributed by atoms with Crippen molar-refractivity contribution in [3.05, 3.63) is 35.9 Å². The standard InChI is InChI=1S/C7H8.C6H16O3Si/c1-7-5-3-2-4-6-7;1-8-10(3,9-2)6-4-5-7/h2-6H,1H3;7H,4-6H2,1-3H3. The molecular formula is C13H24O3Si. The summed E-state index contributed by atoms with van der Waals surface area (Å²) in [6.45, 7) is 4.29. The number of hydrogen-bond donors (Lipinski definition) is 1. The van der Waals surface area contributed by atoms with Gasteiger partial charge in [0.15, 0.2) is 0 Å². The third-order valence-electron chi connectivity index (χ3n) is 2.59. The minimum absolute atomic E-state index is 0.218. The van der Waals surface area contributed by atoms with E-state index in [9.17, 15) is 0 Å². The summed E-state index contributed by atoms with van der Waals surface area (Å²) in [5, 5.41) is 8.53. The molecule has 1 aromatic carbocycles. The molecule has 1 N–H and O–H groups in total. The molecule has 0 saturated carbocycles. The summed E-state index contributed by atoms with van der Waals surface area (Å²) in [6.07, 6.45) is 0.768. The fraction of sp³-hybridized carbons (Fsp3) is 0.538. The van der Waals surface area contributed by atoms with Crippen molar-refractivity contribution in [1.82, 2.24) is 0 Å². The van der Waals surface area contributed by atoms with Crippen LogP contribution in [0, 0.1) is 6.92 Å². The molecule has 0 spiro atoms. The molecule has 0 aliphatic carbocycles. The van der Waals surface area contributed by atoms with E-state index in [1.54, 1.807) is 14.2 Å². The maximum atomic E-state index is 8.53. The zero-order valence-corrected chi connectivity index (χ0v) is 12.3. The van der Waals surface area contributed by atoms with E-state index < -0.39 is 8.56 Å². The normalized spacial score (nSPS) is 10.6. The monoisotopic (exact) mass is 256 g/mol. The minimum Gasteiger partial charge on any atom is -0.398 e. The predicted molar refractivity (Wildman–Crippen MR) is 73.3 cm³/mol. The molecule has 1 rings (SSSR count). The molecule has 3 nitrogen and oxygen atoms in total. The van der Waals surface area contributed by atoms with Gasteiger partial charge in [0.1, 0.15) is 0 Å². The second kappa shape index (κ2) is 9.36. The van der Waals surface area contributed by atoms with Crippen molar-refractivity contribution in [2.24, 2.45) is 0 Å². The molecule has 0 atom stereocenters. The van der Waals surface area contributed by atoms with E-state index in [0.717, 1.165) is 12.5 Å². The Kier molecular flexibility index (Phi) is 8.98. The Morgan fingerprint density at radius 1 is 1.12 bits per heavy atom. The van der Waals surface area contributed by atoms with Gasteiger partial charge in [-0.25, -0.2) is 0 Å². The summed E-state index contributed by atoms with van der Waals surface area (Å²) >= 11 is 0. The van der Waals surface area contributed by atoms with Crippen LogP contribution in [0.15, 0.2) is 30.3 Å². The van der Waals surface area contributed by atoms with Crippen LogP contribution in [0.25, 0.3) is 0 Å². The van der Waals surface area contributed by atoms with Crippen molar-refractivity contribution in [1.29, 1.82) is 0 Å². The fourth-order valence-electron chi connectivity index (χ4n) is 1.22. The van der Waals surface area contributed by atoms with Crippen LogP contribution in [0.5, 0.6) is 0 Å². The van der Waals surface area contributed by atoms with Gasteiger partial charge in [-0.2, -0.15) is 0 Å². The van der Waals surface area contributed by atoms with Crippen molar-refractivity contribution in [2.45, 2.75) is 25.9 Å². The van der Waals surface area contributed by atoms with Gasteiger partial charge >= 0.3 is 8.56 Å². The Labute approximate surface area is 106 Å². The van der Waals surface area contributed by atoms with Crippen LogP contribution >= 0.6 is 0 Å². The lowest BCUT2D eigenvalue weighted by atomic mass is 10.2. The van der Waals surface area contributed by atoms with Gasteiger partial charge < -0.3 is 14.0 Å². The van der Waals surface area contributed by atoms with Gasteiger partial charge in [-0.3, -0.25) is 0 Å². The van der Waals surface area contributed by atoms with E-state index in [-0.39, 0.29) is 6.61 Å². The lowest BCUT2D eigenvalue weighted by molar-refractivity contribution is 0.238. The number of aliphatic hydroxyl groups is 1. The molecule has 0 heterocycles. The Hall–Kier alpha value is -0.683. The van der Waals surface area contributed by atoms with Crippen molar-refractivity contribution in [3.8, 4) is 0 Å². The molecule has 0 amide bonds. The van der Waals surface area contributed by atoms with E-state index in [4.69, 9.17) is 14.0 Å². The van der Waals surface area contributed by atoms with E-state index in [2.05, 4.69) is 19.1 Å². The van der Waals surface area contributed by atoms with Gasteiger partial charge in [-0.05, 0) is 25.9 Å². The highest BCUT2D eigenvalue weighted by Gasteiger charge is 2.27. The van der Waals surface area contributed by atoms with Crippen molar-refractivity contribution >= 4 is 8.56 Å². The largest absolute Gasteiger partial charge is 0.398 e. The molecule has 0 radical (unpaired) electrons. The summed E-state index contributed by atoms with van der Waals surface area (Å²) in [4.78, 5) is 0. The lowest BCUT2D eigenvalue weighted by Gasteiger charge is -2.21. The van der Waals surface area contributed by atoms with E-state index >= 15 is 0 Å². The quantitative estimate of drug-likeness (QED) is 0.823. The predicted octanol–water partition coefficient (Wildman–Crippen LogP) is 2.73. The number of hydrogen-bond acceptors (Lipinski definition) is 3. The van der Waals surface area contributed by atoms with Gasteiger partial charge in [-0.1, -0.05) is 35.9 Å². The molecule has 0 aliphatic heterocycles. The highest BCUT2D eigenvalue weighted by Crippen LogP contribution is 2.12. The molecule has 0 aromatic heterocycles. The van der Waals surface area contributed by atoms with Crippen LogP contribution in [-0.4, -0.2) is 34.5 Å². The summed E-state index contributed by atoms with van der Waals surface area (Å²) in [7, 11) is 1.44. The van der Waals surface area contributed by atoms with Crippen LogP contribution in [0.3, 0.4) is 0 Å². The fourth-order valence-corrected chi connectivity index (χ4v) is 2.60. The Balaban J connectivity index is 0.000000318. The highest BCUT2D eigenvalue weighted by atomic mass is 28.4. The molecule has 0 saturated heterocycles. The van der Waals surface area contributed by atoms with Crippen LogP contribution in [0.4, 0.5) is 0 Å². The first-order chi connectivity index (χ1) is 8.08. The number of rotatable bonds is 5. The Morgan fingerprint density at radius 3 is 1.94 bits per heavy atom. The first kappa shape index (κ1) is 16.3. The van der Waals surface area contributed by atoms with Crippen LogP contribution in [0.2, 0.25) is 12.6 Å². The minimum atomic E-state index is -1.88. The molecule has 98 valence electrons. The molecule has 0 unspecified atom stereocenters. The summed E-state index contributed by atoms with van der Waals surface area (Å²) in [6, 6.07) is 11.1. The smallest absolute Gasteiger partial charge is 0.334 e. The topological polar surface area (TPSA) is 38.7 Å². The first-order valence-electron chi connectivity index (χ1n) is 5.81. The van der Waals surface area contributed by atoms with Gasteiger partial charge in [0, 0.05) is 20.8 Å². The van der Waals surface area contributed by atoms with Gasteiger partial charge in [0.05, 0.1) is 0 Å². The van der Waals surface area contributed by atoms with Crippen molar-refractivity contribution < 1.29 is 14.0 Å². The molecule has 0 fully saturated rings. The van der Waals surface area contributed by atoms with E-state index in [1.165, 1.54) is 5.56 Å². The Morgan fingerprint density at radius 2 is 1.65 bits per heavy atom. The van der Waals surface area contributed by atoms with Gasteiger partial charge in [0.25, 0.3) is 0 Å². The molecule has 4 heteroatoms. The second-order valence-corrected chi connectivity index (χ2v) is 7.61. The Bertz CT molecular complexity index is 273. The van der Waals surface area contributed by atoms with Crippen LogP contribution in [0.1, 0.15) is 12.0 Å². The summed E-state index contributed by atoms with van der Waals surface area (Å²) in [5.74, 6) is 0. The van der Waals surface area contributed by atoms with E-state index in [1.807, 2.05) is 24.7 Å². The molecular weight excluding hydrogens is 232 g/mol. The van der Waals surface area contributed by atoms with Crippen molar-refractivity contribution in [2.75, 3.05) is 20.8 Å². The zero-order chi connectivity index (χ0) is 13.1. The van der Waals surface area contributed by atoms with Gasteiger partial charge in [-0.15, -0.1) is 0 Å². The maximum Gasteiger partial charge on any atom is 0.334 e. The van der Waals surface area contributed by atoms with E-state index in [0.29, 0.717) is 0 Å². The maximum absolute atomic E-state index is 8.53. The third-order valence-corrected chi connectivity index (χ3v) is 5.58. The summed E-state index contributed by atoms with van der Waals surface area (Å²) < 4.78 is 10.4. The third kappa shape index (κ3) is 8.10. The average molecular weight is 256 g/mol. The van der Waals surface area contributed by atoms with Crippen LogP contribution in [-0.2, 0) is 8.85 Å². The molecule has 0 bridgehead atoms. The SMILES string of the molecule is CO[Si](C)(CCCO)OC.Cc1ccccc1. The molecule has 0 aliphatic rings. The first-order valence-corrected chi connectivity index (χ1v) is 8.33. The lowest BCUT2D eigenvalue weighted by Crippen LogP contribution is -2.35. The van der Waals surface area contributed by atoms with Gasteiger partial charge in [0.2, 0.25) is 0 Å². The molecule has 1 aromatic rings. The number of benzene rings is 1. The summed E-state index contributed by atoms with van der Waals surface area (Å²) in [5.41, 5.74) is 1.32. The molecule has 17 heavy (non-hydrogen) atoms. The number of aryl methyl sites for hydroxylation is 1. The second-order valence-electron chi connectivity index (χ2n) is 4.02. The number of aliphatic hydroxyl groups excluding tert-OH is 1. The average Bonchev–Trinajstić information content (AvgIpc) is 2.38. The van der Waals surface area contributed by atoms with Crippen LogP contribution < -0.4 is 0 Å².